The number of phenolic OH excluding ortho intramolecular Hbond substituents is 2. The van der Waals surface area contributed by atoms with E-state index in [1.54, 1.807) is 30.3 Å². The van der Waals surface area contributed by atoms with Gasteiger partial charge in [0.1, 0.15) is 16.6 Å². The fourth-order valence-corrected chi connectivity index (χ4v) is 3.72. The van der Waals surface area contributed by atoms with Crippen LogP contribution in [0.3, 0.4) is 0 Å². The quantitative estimate of drug-likeness (QED) is 0.392. The van der Waals surface area contributed by atoms with Gasteiger partial charge in [-0.1, -0.05) is 30.0 Å². The maximum absolute atomic E-state index is 12.6. The molecule has 3 rings (SSSR count). The van der Waals surface area contributed by atoms with Gasteiger partial charge >= 0.3 is 0 Å². The lowest BCUT2D eigenvalue weighted by atomic mass is 10.2. The molecule has 2 aromatic carbocycles. The minimum Gasteiger partial charge on any atom is -0.508 e. The van der Waals surface area contributed by atoms with Crippen LogP contribution in [0.4, 0.5) is 5.69 Å². The average molecular weight is 416 g/mol. The fourth-order valence-electron chi connectivity index (χ4n) is 2.46. The summed E-state index contributed by atoms with van der Waals surface area (Å²) in [4.78, 5) is 26.5. The monoisotopic (exact) mass is 416 g/mol. The number of aromatic hydroxyl groups is 2. The molecule has 0 aromatic heterocycles. The summed E-state index contributed by atoms with van der Waals surface area (Å²) in [6.07, 6.45) is 1.62. The number of thioether (sulfide) groups is 1. The minimum absolute atomic E-state index is 0.00176. The molecule has 0 aliphatic carbocycles. The molecule has 0 spiro atoms. The van der Waals surface area contributed by atoms with Crippen molar-refractivity contribution < 1.29 is 24.5 Å². The number of anilines is 1. The number of carbonyl (C=O) groups is 2. The van der Waals surface area contributed by atoms with E-state index in [4.69, 9.17) is 17.0 Å². The largest absolute Gasteiger partial charge is 0.508 e. The Labute approximate surface area is 170 Å². The first kappa shape index (κ1) is 19.7. The van der Waals surface area contributed by atoms with Crippen molar-refractivity contribution in [3.63, 3.8) is 0 Å². The van der Waals surface area contributed by atoms with E-state index in [0.717, 1.165) is 11.8 Å². The molecule has 0 atom stereocenters. The van der Waals surface area contributed by atoms with Gasteiger partial charge in [-0.25, -0.2) is 0 Å². The second-order valence-electron chi connectivity index (χ2n) is 5.79. The smallest absolute Gasteiger partial charge is 0.266 e. The van der Waals surface area contributed by atoms with Crippen molar-refractivity contribution in [1.82, 2.24) is 4.90 Å². The van der Waals surface area contributed by atoms with Crippen molar-refractivity contribution in [2.75, 3.05) is 19.0 Å². The number of nitrogens with zero attached hydrogens (tertiary/aromatic N) is 1. The summed E-state index contributed by atoms with van der Waals surface area (Å²) in [6, 6.07) is 10.7. The van der Waals surface area contributed by atoms with E-state index in [1.165, 1.54) is 30.2 Å². The molecule has 2 aromatic rings. The Morgan fingerprint density at radius 3 is 2.64 bits per heavy atom. The highest BCUT2D eigenvalue weighted by Gasteiger charge is 2.33. The number of hydrogen-bond donors (Lipinski definition) is 3. The molecule has 3 N–H and O–H groups in total. The highest BCUT2D eigenvalue weighted by molar-refractivity contribution is 8.26. The van der Waals surface area contributed by atoms with Gasteiger partial charge in [0, 0.05) is 5.69 Å². The van der Waals surface area contributed by atoms with Gasteiger partial charge in [0.05, 0.1) is 12.0 Å². The van der Waals surface area contributed by atoms with Crippen molar-refractivity contribution in [3.8, 4) is 17.2 Å². The van der Waals surface area contributed by atoms with Crippen LogP contribution in [0.2, 0.25) is 0 Å². The standard InChI is InChI=1S/C19H16N2O5S2/c1-26-15-8-11(2-7-14(15)23)9-16-18(25)21(19(27)28-16)10-17(24)20-12-3-5-13(22)6-4-12/h2-9,22-23H,10H2,1H3,(H,20,24)/b16-9-. The van der Waals surface area contributed by atoms with Crippen molar-refractivity contribution in [2.24, 2.45) is 0 Å². The van der Waals surface area contributed by atoms with Crippen LogP contribution in [-0.4, -0.2) is 44.9 Å². The molecule has 1 fully saturated rings. The highest BCUT2D eigenvalue weighted by Crippen LogP contribution is 2.34. The molecule has 1 heterocycles. The number of nitrogens with one attached hydrogen (secondary N) is 1. The van der Waals surface area contributed by atoms with Crippen molar-refractivity contribution >= 4 is 51.9 Å². The highest BCUT2D eigenvalue weighted by atomic mass is 32.2. The van der Waals surface area contributed by atoms with E-state index in [1.807, 2.05) is 0 Å². The average Bonchev–Trinajstić information content (AvgIpc) is 2.92. The predicted octanol–water partition coefficient (Wildman–Crippen LogP) is 2.95. The molecule has 2 amide bonds. The third-order valence-electron chi connectivity index (χ3n) is 3.83. The number of hydrogen-bond acceptors (Lipinski definition) is 7. The molecule has 1 aliphatic heterocycles. The zero-order valence-electron chi connectivity index (χ0n) is 14.7. The lowest BCUT2D eigenvalue weighted by molar-refractivity contribution is -0.126. The third kappa shape index (κ3) is 4.44. The molecule has 0 unspecified atom stereocenters. The topological polar surface area (TPSA) is 99.1 Å². The Kier molecular flexibility index (Phi) is 5.86. The first-order valence-corrected chi connectivity index (χ1v) is 9.31. The van der Waals surface area contributed by atoms with Crippen LogP contribution >= 0.6 is 24.0 Å². The summed E-state index contributed by atoms with van der Waals surface area (Å²) in [5.74, 6) is -0.404. The van der Waals surface area contributed by atoms with E-state index in [-0.39, 0.29) is 34.0 Å². The first-order valence-electron chi connectivity index (χ1n) is 8.08. The second-order valence-corrected chi connectivity index (χ2v) is 7.47. The zero-order chi connectivity index (χ0) is 20.3. The van der Waals surface area contributed by atoms with Crippen LogP contribution in [-0.2, 0) is 9.59 Å². The van der Waals surface area contributed by atoms with E-state index in [0.29, 0.717) is 16.2 Å². The summed E-state index contributed by atoms with van der Waals surface area (Å²) in [5, 5.41) is 21.6. The number of rotatable bonds is 5. The number of benzene rings is 2. The molecule has 1 saturated heterocycles. The Bertz CT molecular complexity index is 973. The summed E-state index contributed by atoms with van der Waals surface area (Å²) >= 11 is 6.33. The number of thiocarbonyl (C=S) groups is 1. The molecule has 144 valence electrons. The lowest BCUT2D eigenvalue weighted by Gasteiger charge is -2.14. The SMILES string of the molecule is COc1cc(/C=C2\SC(=S)N(CC(=O)Nc3ccc(O)cc3)C2=O)ccc1O. The van der Waals surface area contributed by atoms with E-state index in [2.05, 4.69) is 5.32 Å². The van der Waals surface area contributed by atoms with Crippen LogP contribution in [0, 0.1) is 0 Å². The predicted molar refractivity (Wildman–Crippen MR) is 111 cm³/mol. The van der Waals surface area contributed by atoms with Crippen molar-refractivity contribution in [3.05, 3.63) is 52.9 Å². The lowest BCUT2D eigenvalue weighted by Crippen LogP contribution is -2.36. The van der Waals surface area contributed by atoms with Crippen LogP contribution in [0.25, 0.3) is 6.08 Å². The Balaban J connectivity index is 1.70. The maximum Gasteiger partial charge on any atom is 0.266 e. The molecular formula is C19H16N2O5S2. The molecule has 0 radical (unpaired) electrons. The third-order valence-corrected chi connectivity index (χ3v) is 5.21. The van der Waals surface area contributed by atoms with Crippen molar-refractivity contribution in [2.45, 2.75) is 0 Å². The van der Waals surface area contributed by atoms with Gasteiger partial charge in [0.2, 0.25) is 5.91 Å². The van der Waals surface area contributed by atoms with Gasteiger partial charge in [-0.05, 0) is 48.0 Å². The summed E-state index contributed by atoms with van der Waals surface area (Å²) in [7, 11) is 1.44. The van der Waals surface area contributed by atoms with Crippen LogP contribution in [0.1, 0.15) is 5.56 Å². The normalized spacial score (nSPS) is 15.2. The number of methoxy groups -OCH3 is 1. The van der Waals surface area contributed by atoms with Crippen LogP contribution in [0.15, 0.2) is 47.4 Å². The van der Waals surface area contributed by atoms with Gasteiger partial charge in [-0.15, -0.1) is 0 Å². The molecule has 0 saturated carbocycles. The van der Waals surface area contributed by atoms with Gasteiger partial charge in [0.25, 0.3) is 5.91 Å². The number of phenols is 2. The van der Waals surface area contributed by atoms with Gasteiger partial charge in [0.15, 0.2) is 11.5 Å². The maximum atomic E-state index is 12.6. The molecule has 9 heteroatoms. The second kappa shape index (κ2) is 8.32. The van der Waals surface area contributed by atoms with Crippen LogP contribution in [0.5, 0.6) is 17.2 Å². The molecule has 0 bridgehead atoms. The number of carbonyl (C=O) groups excluding carboxylic acids is 2. The molecular weight excluding hydrogens is 400 g/mol. The van der Waals surface area contributed by atoms with Crippen LogP contribution < -0.4 is 10.1 Å². The Morgan fingerprint density at radius 2 is 1.96 bits per heavy atom. The number of amides is 2. The van der Waals surface area contributed by atoms with E-state index < -0.39 is 5.91 Å². The molecule has 1 aliphatic rings. The van der Waals surface area contributed by atoms with E-state index in [9.17, 15) is 19.8 Å². The van der Waals surface area contributed by atoms with Gasteiger partial charge < -0.3 is 20.3 Å². The molecule has 7 nitrogen and oxygen atoms in total. The van der Waals surface area contributed by atoms with Gasteiger partial charge in [-0.2, -0.15) is 0 Å². The number of ether oxygens (including phenoxy) is 1. The van der Waals surface area contributed by atoms with Crippen molar-refractivity contribution in [1.29, 1.82) is 0 Å². The Hall–Kier alpha value is -3.04. The first-order chi connectivity index (χ1) is 13.4. The minimum atomic E-state index is -0.408. The zero-order valence-corrected chi connectivity index (χ0v) is 16.3. The summed E-state index contributed by atoms with van der Waals surface area (Å²) < 4.78 is 5.34. The van der Waals surface area contributed by atoms with Gasteiger partial charge in [-0.3, -0.25) is 14.5 Å². The Morgan fingerprint density at radius 1 is 1.25 bits per heavy atom. The summed E-state index contributed by atoms with van der Waals surface area (Å²) in [6.45, 7) is -0.220. The van der Waals surface area contributed by atoms with E-state index >= 15 is 0 Å². The molecule has 28 heavy (non-hydrogen) atoms. The fraction of sp³-hybridized carbons (Fsp3) is 0.105. The summed E-state index contributed by atoms with van der Waals surface area (Å²) in [5.41, 5.74) is 1.16.